The van der Waals surface area contributed by atoms with Crippen LogP contribution in [0.25, 0.3) is 0 Å². The first-order valence-corrected chi connectivity index (χ1v) is 6.97. The van der Waals surface area contributed by atoms with E-state index in [0.717, 1.165) is 5.56 Å². The van der Waals surface area contributed by atoms with E-state index in [1.54, 1.807) is 18.5 Å². The average Bonchev–Trinajstić information content (AvgIpc) is 2.49. The van der Waals surface area contributed by atoms with Gasteiger partial charge in [0, 0.05) is 24.0 Å². The van der Waals surface area contributed by atoms with Crippen molar-refractivity contribution < 1.29 is 4.79 Å². The van der Waals surface area contributed by atoms with Gasteiger partial charge in [-0.1, -0.05) is 29.8 Å². The summed E-state index contributed by atoms with van der Waals surface area (Å²) in [7, 11) is 1.87. The Hall–Kier alpha value is -1.98. The monoisotopic (exact) mass is 304 g/mol. The first kappa shape index (κ1) is 15.4. The number of nitrogens with one attached hydrogen (secondary N) is 1. The molecule has 0 saturated carbocycles. The third-order valence-corrected chi connectivity index (χ3v) is 3.59. The van der Waals surface area contributed by atoms with Crippen molar-refractivity contribution in [3.05, 3.63) is 53.3 Å². The molecule has 1 aromatic carbocycles. The number of carbonyl (C=O) groups is 1. The molecule has 2 rings (SSSR count). The summed E-state index contributed by atoms with van der Waals surface area (Å²) in [5.74, 6) is 0.149. The minimum atomic E-state index is -0.329. The molecule has 0 aliphatic carbocycles. The molecule has 5 nitrogen and oxygen atoms in total. The number of aromatic nitrogens is 2. The Morgan fingerprint density at radius 1 is 1.29 bits per heavy atom. The van der Waals surface area contributed by atoms with Crippen LogP contribution in [-0.2, 0) is 11.3 Å². The fourth-order valence-corrected chi connectivity index (χ4v) is 2.01. The number of anilines is 1. The topological polar surface area (TPSA) is 58.1 Å². The van der Waals surface area contributed by atoms with Crippen LogP contribution in [0.5, 0.6) is 0 Å². The number of amides is 1. The minimum Gasteiger partial charge on any atom is -0.293 e. The largest absolute Gasteiger partial charge is 0.293 e. The van der Waals surface area contributed by atoms with E-state index in [1.165, 1.54) is 0 Å². The summed E-state index contributed by atoms with van der Waals surface area (Å²) >= 11 is 6.14. The maximum absolute atomic E-state index is 12.2. The molecule has 6 heteroatoms. The van der Waals surface area contributed by atoms with Crippen molar-refractivity contribution in [2.75, 3.05) is 12.4 Å². The van der Waals surface area contributed by atoms with E-state index in [2.05, 4.69) is 15.3 Å². The zero-order valence-electron chi connectivity index (χ0n) is 12.0. The third-order valence-electron chi connectivity index (χ3n) is 3.22. The summed E-state index contributed by atoms with van der Waals surface area (Å²) in [6, 6.07) is 8.97. The van der Waals surface area contributed by atoms with Crippen LogP contribution < -0.4 is 5.32 Å². The van der Waals surface area contributed by atoms with E-state index in [0.29, 0.717) is 17.5 Å². The van der Waals surface area contributed by atoms with Crippen LogP contribution in [0.4, 0.5) is 5.95 Å². The number of hydrogen-bond acceptors (Lipinski definition) is 4. The lowest BCUT2D eigenvalue weighted by Gasteiger charge is -2.23. The maximum Gasteiger partial charge on any atom is 0.243 e. The molecule has 1 heterocycles. The molecule has 1 amide bonds. The first-order chi connectivity index (χ1) is 10.1. The average molecular weight is 305 g/mol. The second-order valence-corrected chi connectivity index (χ2v) is 5.15. The number of carbonyl (C=O) groups excluding carboxylic acids is 1. The Labute approximate surface area is 129 Å². The van der Waals surface area contributed by atoms with Gasteiger partial charge in [-0.15, -0.1) is 0 Å². The van der Waals surface area contributed by atoms with E-state index in [9.17, 15) is 4.79 Å². The number of nitrogens with zero attached hydrogens (tertiary/aromatic N) is 3. The molecule has 1 unspecified atom stereocenters. The molecule has 0 spiro atoms. The highest BCUT2D eigenvalue weighted by Gasteiger charge is 2.19. The Bertz CT molecular complexity index is 606. The third kappa shape index (κ3) is 4.24. The van der Waals surface area contributed by atoms with Gasteiger partial charge in [-0.25, -0.2) is 9.97 Å². The highest BCUT2D eigenvalue weighted by Crippen LogP contribution is 2.17. The molecule has 0 fully saturated rings. The van der Waals surface area contributed by atoms with Crippen LogP contribution in [-0.4, -0.2) is 33.9 Å². The quantitative estimate of drug-likeness (QED) is 0.922. The van der Waals surface area contributed by atoms with Gasteiger partial charge in [0.25, 0.3) is 0 Å². The van der Waals surface area contributed by atoms with Crippen molar-refractivity contribution in [2.24, 2.45) is 0 Å². The van der Waals surface area contributed by atoms with Gasteiger partial charge in [0.1, 0.15) is 0 Å². The molecular formula is C15H17ClN4O. The number of rotatable bonds is 5. The van der Waals surface area contributed by atoms with Crippen LogP contribution in [0.2, 0.25) is 5.02 Å². The molecule has 0 saturated heterocycles. The molecule has 2 aromatic rings. The summed E-state index contributed by atoms with van der Waals surface area (Å²) < 4.78 is 0. The van der Waals surface area contributed by atoms with Gasteiger partial charge in [0.2, 0.25) is 11.9 Å². The van der Waals surface area contributed by atoms with Crippen molar-refractivity contribution in [3.8, 4) is 0 Å². The molecule has 1 N–H and O–H groups in total. The summed E-state index contributed by atoms with van der Waals surface area (Å²) in [4.78, 5) is 22.0. The zero-order chi connectivity index (χ0) is 15.2. The van der Waals surface area contributed by atoms with Gasteiger partial charge >= 0.3 is 0 Å². The van der Waals surface area contributed by atoms with Crippen molar-refractivity contribution in [2.45, 2.75) is 19.5 Å². The van der Waals surface area contributed by atoms with E-state index >= 15 is 0 Å². The predicted molar refractivity (Wildman–Crippen MR) is 83.0 cm³/mol. The fourth-order valence-electron chi connectivity index (χ4n) is 1.81. The van der Waals surface area contributed by atoms with E-state index in [-0.39, 0.29) is 11.9 Å². The van der Waals surface area contributed by atoms with Crippen molar-refractivity contribution >= 4 is 23.5 Å². The highest BCUT2D eigenvalue weighted by molar-refractivity contribution is 6.31. The fraction of sp³-hybridized carbons (Fsp3) is 0.267. The van der Waals surface area contributed by atoms with Crippen molar-refractivity contribution in [1.29, 1.82) is 0 Å². The summed E-state index contributed by atoms with van der Waals surface area (Å²) in [5.41, 5.74) is 0.984. The van der Waals surface area contributed by atoms with Crippen molar-refractivity contribution in [3.63, 3.8) is 0 Å². The summed E-state index contributed by atoms with van der Waals surface area (Å²) in [5, 5.41) is 3.38. The van der Waals surface area contributed by atoms with E-state index in [1.807, 2.05) is 43.1 Å². The van der Waals surface area contributed by atoms with Gasteiger partial charge in [-0.2, -0.15) is 0 Å². The Morgan fingerprint density at radius 2 is 1.95 bits per heavy atom. The molecule has 0 aliphatic heterocycles. The zero-order valence-corrected chi connectivity index (χ0v) is 12.7. The Morgan fingerprint density at radius 3 is 2.62 bits per heavy atom. The normalized spacial score (nSPS) is 12.2. The van der Waals surface area contributed by atoms with Crippen molar-refractivity contribution in [1.82, 2.24) is 14.9 Å². The molecule has 0 bridgehead atoms. The molecule has 21 heavy (non-hydrogen) atoms. The van der Waals surface area contributed by atoms with Crippen LogP contribution in [0.15, 0.2) is 42.7 Å². The predicted octanol–water partition coefficient (Wildman–Crippen LogP) is 2.59. The van der Waals surface area contributed by atoms with Gasteiger partial charge in [-0.05, 0) is 31.7 Å². The second-order valence-electron chi connectivity index (χ2n) is 4.74. The Balaban J connectivity index is 1.97. The number of hydrogen-bond donors (Lipinski definition) is 1. The number of likely N-dealkylation sites (N-methyl/N-ethyl adjacent to an activating group) is 1. The smallest absolute Gasteiger partial charge is 0.243 e. The lowest BCUT2D eigenvalue weighted by atomic mass is 10.2. The van der Waals surface area contributed by atoms with Gasteiger partial charge in [-0.3, -0.25) is 15.0 Å². The molecule has 0 radical (unpaired) electrons. The van der Waals surface area contributed by atoms with Crippen LogP contribution >= 0.6 is 11.6 Å². The van der Waals surface area contributed by atoms with Gasteiger partial charge in [0.05, 0.1) is 6.04 Å². The summed E-state index contributed by atoms with van der Waals surface area (Å²) in [6.45, 7) is 2.42. The molecule has 0 aliphatic rings. The van der Waals surface area contributed by atoms with Crippen LogP contribution in [0.1, 0.15) is 12.5 Å². The van der Waals surface area contributed by atoms with Crippen LogP contribution in [0, 0.1) is 0 Å². The van der Waals surface area contributed by atoms with Gasteiger partial charge < -0.3 is 0 Å². The van der Waals surface area contributed by atoms with Crippen LogP contribution in [0.3, 0.4) is 0 Å². The molecule has 1 aromatic heterocycles. The first-order valence-electron chi connectivity index (χ1n) is 6.59. The van der Waals surface area contributed by atoms with E-state index < -0.39 is 0 Å². The van der Waals surface area contributed by atoms with E-state index in [4.69, 9.17) is 11.6 Å². The second kappa shape index (κ2) is 7.15. The molecule has 1 atom stereocenters. The minimum absolute atomic E-state index is 0.157. The van der Waals surface area contributed by atoms with Gasteiger partial charge in [0.15, 0.2) is 0 Å². The number of halogens is 1. The standard InChI is InChI=1S/C15H17ClN4O/c1-11(14(21)19-15-17-8-5-9-18-15)20(2)10-12-6-3-4-7-13(12)16/h3-9,11H,10H2,1-2H3,(H,17,18,19,21). The lowest BCUT2D eigenvalue weighted by molar-refractivity contribution is -0.120. The number of benzene rings is 1. The Kier molecular flexibility index (Phi) is 5.25. The molecule has 110 valence electrons. The summed E-state index contributed by atoms with van der Waals surface area (Å²) in [6.07, 6.45) is 3.17. The highest BCUT2D eigenvalue weighted by atomic mass is 35.5. The maximum atomic E-state index is 12.2. The SMILES string of the molecule is CC(C(=O)Nc1ncccn1)N(C)Cc1ccccc1Cl. The lowest BCUT2D eigenvalue weighted by Crippen LogP contribution is -2.39. The molecular weight excluding hydrogens is 288 g/mol.